The van der Waals surface area contributed by atoms with Crippen molar-refractivity contribution in [1.29, 1.82) is 0 Å². The lowest BCUT2D eigenvalue weighted by atomic mass is 9.94. The molecule has 1 aromatic rings. The summed E-state index contributed by atoms with van der Waals surface area (Å²) in [6, 6.07) is 7.96. The number of rotatable bonds is 6. The first-order chi connectivity index (χ1) is 16.5. The minimum Gasteiger partial charge on any atom is -0.381 e. The first-order valence-corrected chi connectivity index (χ1v) is 13.2. The van der Waals surface area contributed by atoms with E-state index in [2.05, 4.69) is 39.3 Å². The van der Waals surface area contributed by atoms with Crippen molar-refractivity contribution in [1.82, 2.24) is 4.90 Å². The molecule has 34 heavy (non-hydrogen) atoms. The van der Waals surface area contributed by atoms with Crippen molar-refractivity contribution in [2.75, 3.05) is 56.7 Å². The van der Waals surface area contributed by atoms with Gasteiger partial charge in [0.15, 0.2) is 5.78 Å². The van der Waals surface area contributed by atoms with Crippen LogP contribution in [0.3, 0.4) is 0 Å². The Morgan fingerprint density at radius 2 is 1.88 bits per heavy atom. The van der Waals surface area contributed by atoms with E-state index in [1.54, 1.807) is 6.21 Å². The van der Waals surface area contributed by atoms with E-state index in [4.69, 9.17) is 4.74 Å². The summed E-state index contributed by atoms with van der Waals surface area (Å²) in [7, 11) is 2.17. The standard InChI is InChI=1S/C26H36N4O3S/c1-3-27-21-17-23(25(31)19-9-15-33-16-10-19)34-24(18-21)26(32)28-20-5-7-22(8-6-20)30-12-4-11-29(2)13-14-30/h3,5-8,17,19,21,24H,4,9-16,18H2,1-2H3,(H,28,32). The lowest BCUT2D eigenvalue weighted by molar-refractivity contribution is -0.121. The van der Waals surface area contributed by atoms with Crippen LogP contribution in [-0.2, 0) is 14.3 Å². The van der Waals surface area contributed by atoms with Gasteiger partial charge in [-0.25, -0.2) is 0 Å². The smallest absolute Gasteiger partial charge is 0.237 e. The van der Waals surface area contributed by atoms with Gasteiger partial charge in [0.1, 0.15) is 0 Å². The molecule has 3 aliphatic rings. The number of thioether (sulfide) groups is 1. The maximum atomic E-state index is 13.2. The van der Waals surface area contributed by atoms with E-state index in [1.807, 2.05) is 25.1 Å². The summed E-state index contributed by atoms with van der Waals surface area (Å²) in [6.45, 7) is 7.36. The number of nitrogens with zero attached hydrogens (tertiary/aromatic N) is 3. The molecule has 0 bridgehead atoms. The van der Waals surface area contributed by atoms with Gasteiger partial charge in [0, 0.05) is 55.0 Å². The van der Waals surface area contributed by atoms with Crippen LogP contribution < -0.4 is 10.2 Å². The summed E-state index contributed by atoms with van der Waals surface area (Å²) in [5.74, 6) is 0.0391. The predicted molar refractivity (Wildman–Crippen MR) is 140 cm³/mol. The molecule has 184 valence electrons. The second-order valence-corrected chi connectivity index (χ2v) is 10.5. The van der Waals surface area contributed by atoms with Crippen LogP contribution in [0, 0.1) is 5.92 Å². The number of benzene rings is 1. The second-order valence-electron chi connectivity index (χ2n) is 9.28. The number of nitrogens with one attached hydrogen (secondary N) is 1. The number of anilines is 2. The Balaban J connectivity index is 1.39. The fourth-order valence-corrected chi connectivity index (χ4v) is 6.03. The quantitative estimate of drug-likeness (QED) is 0.622. The van der Waals surface area contributed by atoms with Gasteiger partial charge in [0.2, 0.25) is 5.91 Å². The Morgan fingerprint density at radius 1 is 1.12 bits per heavy atom. The highest BCUT2D eigenvalue weighted by Crippen LogP contribution is 2.36. The molecule has 0 saturated carbocycles. The Hall–Kier alpha value is -2.16. The molecule has 2 unspecified atom stereocenters. The van der Waals surface area contributed by atoms with Gasteiger partial charge in [-0.1, -0.05) is 0 Å². The number of hydrogen-bond acceptors (Lipinski definition) is 7. The lowest BCUT2D eigenvalue weighted by Gasteiger charge is -2.28. The Bertz CT molecular complexity index is 911. The fourth-order valence-electron chi connectivity index (χ4n) is 4.74. The molecule has 8 heteroatoms. The van der Waals surface area contributed by atoms with Crippen LogP contribution in [-0.4, -0.2) is 80.5 Å². The van der Waals surface area contributed by atoms with E-state index >= 15 is 0 Å². The molecule has 2 fully saturated rings. The van der Waals surface area contributed by atoms with Crippen LogP contribution in [0.25, 0.3) is 0 Å². The molecule has 0 radical (unpaired) electrons. The zero-order chi connectivity index (χ0) is 23.9. The highest BCUT2D eigenvalue weighted by molar-refractivity contribution is 8.05. The topological polar surface area (TPSA) is 74.2 Å². The third-order valence-electron chi connectivity index (χ3n) is 6.76. The van der Waals surface area contributed by atoms with E-state index in [0.717, 1.165) is 51.1 Å². The van der Waals surface area contributed by atoms with Crippen LogP contribution in [0.5, 0.6) is 0 Å². The molecule has 1 amide bonds. The minimum atomic E-state index is -0.349. The van der Waals surface area contributed by atoms with Crippen molar-refractivity contribution in [2.45, 2.75) is 43.9 Å². The molecular formula is C26H36N4O3S. The molecule has 0 aliphatic carbocycles. The van der Waals surface area contributed by atoms with Crippen molar-refractivity contribution >= 4 is 41.0 Å². The molecule has 3 heterocycles. The maximum absolute atomic E-state index is 13.2. The van der Waals surface area contributed by atoms with Gasteiger partial charge in [-0.15, -0.1) is 11.8 Å². The van der Waals surface area contributed by atoms with Crippen LogP contribution in [0.15, 0.2) is 40.2 Å². The van der Waals surface area contributed by atoms with Crippen LogP contribution in [0.4, 0.5) is 11.4 Å². The summed E-state index contributed by atoms with van der Waals surface area (Å²) < 4.78 is 5.41. The number of hydrogen-bond donors (Lipinski definition) is 1. The van der Waals surface area contributed by atoms with E-state index in [0.29, 0.717) is 24.5 Å². The largest absolute Gasteiger partial charge is 0.381 e. The number of allylic oxidation sites excluding steroid dienone is 1. The molecule has 1 N–H and O–H groups in total. The normalized spacial score (nSPS) is 25.1. The molecule has 4 rings (SSSR count). The van der Waals surface area contributed by atoms with E-state index in [9.17, 15) is 9.59 Å². The zero-order valence-corrected chi connectivity index (χ0v) is 21.1. The first-order valence-electron chi connectivity index (χ1n) is 12.4. The lowest BCUT2D eigenvalue weighted by Crippen LogP contribution is -2.33. The van der Waals surface area contributed by atoms with E-state index < -0.39 is 0 Å². The Labute approximate surface area is 207 Å². The fraction of sp³-hybridized carbons (Fsp3) is 0.577. The summed E-state index contributed by atoms with van der Waals surface area (Å²) >= 11 is 1.39. The third-order valence-corrected chi connectivity index (χ3v) is 8.04. The van der Waals surface area contributed by atoms with Gasteiger partial charge in [-0.05, 0) is 82.8 Å². The van der Waals surface area contributed by atoms with E-state index in [1.165, 1.54) is 17.4 Å². The average Bonchev–Trinajstić information content (AvgIpc) is 3.09. The number of ether oxygens (including phenoxy) is 1. The van der Waals surface area contributed by atoms with E-state index in [-0.39, 0.29) is 28.9 Å². The van der Waals surface area contributed by atoms with Crippen LogP contribution in [0.2, 0.25) is 0 Å². The molecule has 7 nitrogen and oxygen atoms in total. The summed E-state index contributed by atoms with van der Waals surface area (Å²) in [5, 5.41) is 2.72. The predicted octanol–water partition coefficient (Wildman–Crippen LogP) is 3.61. The summed E-state index contributed by atoms with van der Waals surface area (Å²) in [6.07, 6.45) is 6.92. The highest BCUT2D eigenvalue weighted by atomic mass is 32.2. The number of amides is 1. The first kappa shape index (κ1) is 24.9. The molecular weight excluding hydrogens is 448 g/mol. The second kappa shape index (κ2) is 12.0. The van der Waals surface area contributed by atoms with Crippen molar-refractivity contribution in [2.24, 2.45) is 10.9 Å². The highest BCUT2D eigenvalue weighted by Gasteiger charge is 2.34. The van der Waals surface area contributed by atoms with Gasteiger partial charge in [-0.2, -0.15) is 0 Å². The molecule has 1 aromatic carbocycles. The minimum absolute atomic E-state index is 0.0214. The zero-order valence-electron chi connectivity index (χ0n) is 20.2. The van der Waals surface area contributed by atoms with Crippen LogP contribution >= 0.6 is 11.8 Å². The number of carbonyl (C=O) groups is 2. The monoisotopic (exact) mass is 484 g/mol. The van der Waals surface area contributed by atoms with Gasteiger partial charge < -0.3 is 19.9 Å². The molecule has 2 atom stereocenters. The molecule has 0 aromatic heterocycles. The third kappa shape index (κ3) is 6.49. The number of ketones is 1. The number of Topliss-reactive ketones (excluding diaryl/α,β-unsaturated/α-hetero) is 1. The Morgan fingerprint density at radius 3 is 2.62 bits per heavy atom. The number of likely N-dealkylation sites (N-methyl/N-ethyl adjacent to an activating group) is 1. The summed E-state index contributed by atoms with van der Waals surface area (Å²) in [5.41, 5.74) is 1.97. The average molecular weight is 485 g/mol. The van der Waals surface area contributed by atoms with Crippen molar-refractivity contribution in [3.63, 3.8) is 0 Å². The molecule has 3 aliphatic heterocycles. The molecule has 0 spiro atoms. The number of carbonyl (C=O) groups excluding carboxylic acids is 2. The van der Waals surface area contributed by atoms with Crippen molar-refractivity contribution in [3.05, 3.63) is 35.2 Å². The van der Waals surface area contributed by atoms with Crippen molar-refractivity contribution < 1.29 is 14.3 Å². The van der Waals surface area contributed by atoms with Crippen molar-refractivity contribution in [3.8, 4) is 0 Å². The van der Waals surface area contributed by atoms with Gasteiger partial charge in [-0.3, -0.25) is 14.6 Å². The van der Waals surface area contributed by atoms with Gasteiger partial charge in [0.05, 0.1) is 11.3 Å². The summed E-state index contributed by atoms with van der Waals surface area (Å²) in [4.78, 5) is 36.2. The molecule has 2 saturated heterocycles. The Kier molecular flexibility index (Phi) is 8.80. The SMILES string of the molecule is CC=NC1C=C(C(=O)C2CCOCC2)SC(C(=O)Nc2ccc(N3CCCN(C)CC3)cc2)C1. The maximum Gasteiger partial charge on any atom is 0.237 e. The van der Waals surface area contributed by atoms with Gasteiger partial charge in [0.25, 0.3) is 0 Å². The van der Waals surface area contributed by atoms with Gasteiger partial charge >= 0.3 is 0 Å². The number of aliphatic imine (C=N–C) groups is 1. The van der Waals surface area contributed by atoms with Crippen LogP contribution in [0.1, 0.15) is 32.6 Å².